The van der Waals surface area contributed by atoms with Crippen molar-refractivity contribution >= 4 is 15.9 Å². The number of hydrogen-bond acceptors (Lipinski definition) is 2. The molecule has 1 unspecified atom stereocenters. The summed E-state index contributed by atoms with van der Waals surface area (Å²) in [6.45, 7) is 0. The fourth-order valence-corrected chi connectivity index (χ4v) is 0.834. The Balaban J connectivity index is 2.78. The third kappa shape index (κ3) is 2.00. The van der Waals surface area contributed by atoms with Crippen molar-refractivity contribution in [1.82, 2.24) is 0 Å². The molecule has 62 valence electrons. The van der Waals surface area contributed by atoms with Crippen molar-refractivity contribution in [1.29, 1.82) is 0 Å². The summed E-state index contributed by atoms with van der Waals surface area (Å²) in [5.41, 5.74) is 0. The van der Waals surface area contributed by atoms with Gasteiger partial charge in [0.25, 0.3) is 0 Å². The lowest BCUT2D eigenvalue weighted by molar-refractivity contribution is -0.0402. The summed E-state index contributed by atoms with van der Waals surface area (Å²) in [7, 11) is 0. The molecule has 0 spiro atoms. The maximum absolute atomic E-state index is 12.3. The van der Waals surface area contributed by atoms with Gasteiger partial charge in [-0.1, -0.05) is 0 Å². The zero-order valence-electron chi connectivity index (χ0n) is 5.30. The summed E-state index contributed by atoms with van der Waals surface area (Å²) in [6, 6.07) is 2.71. The Morgan fingerprint density at radius 3 is 2.64 bits per heavy atom. The molecule has 1 rings (SSSR count). The fourth-order valence-electron chi connectivity index (χ4n) is 0.608. The Hall–Kier alpha value is -0.420. The number of alkyl halides is 3. The van der Waals surface area contributed by atoms with Gasteiger partial charge in [0.05, 0.1) is 6.26 Å². The van der Waals surface area contributed by atoms with E-state index in [0.29, 0.717) is 0 Å². The van der Waals surface area contributed by atoms with Crippen LogP contribution in [0.4, 0.5) is 8.78 Å². The van der Waals surface area contributed by atoms with Crippen molar-refractivity contribution in [2.45, 2.75) is 10.9 Å². The van der Waals surface area contributed by atoms with Gasteiger partial charge >= 0.3 is 4.83 Å². The average molecular weight is 227 g/mol. The lowest BCUT2D eigenvalue weighted by Gasteiger charge is -2.12. The smallest absolute Gasteiger partial charge is 0.333 e. The highest BCUT2D eigenvalue weighted by molar-refractivity contribution is 9.10. The van der Waals surface area contributed by atoms with E-state index in [1.165, 1.54) is 18.4 Å². The first-order valence-corrected chi connectivity index (χ1v) is 3.59. The van der Waals surface area contributed by atoms with Gasteiger partial charge in [0.2, 0.25) is 0 Å². The SMILES string of the molecule is OC(c1ccco1)C(F)(F)Br. The van der Waals surface area contributed by atoms with Gasteiger partial charge in [0, 0.05) is 0 Å². The zero-order valence-corrected chi connectivity index (χ0v) is 6.88. The predicted molar refractivity (Wildman–Crippen MR) is 37.5 cm³/mol. The molecule has 0 amide bonds. The van der Waals surface area contributed by atoms with Crippen LogP contribution in [0.1, 0.15) is 11.9 Å². The molecule has 5 heteroatoms. The third-order valence-electron chi connectivity index (χ3n) is 1.12. The maximum Gasteiger partial charge on any atom is 0.333 e. The Kier molecular flexibility index (Phi) is 2.29. The van der Waals surface area contributed by atoms with E-state index in [4.69, 9.17) is 5.11 Å². The van der Waals surface area contributed by atoms with E-state index >= 15 is 0 Å². The molecule has 0 saturated carbocycles. The molecule has 0 saturated heterocycles. The molecular formula is C6H5BrF2O2. The Morgan fingerprint density at radius 2 is 2.27 bits per heavy atom. The van der Waals surface area contributed by atoms with Gasteiger partial charge in [-0.15, -0.1) is 0 Å². The summed E-state index contributed by atoms with van der Waals surface area (Å²) in [4.78, 5) is -3.34. The van der Waals surface area contributed by atoms with Gasteiger partial charge in [0.15, 0.2) is 6.10 Å². The van der Waals surface area contributed by atoms with Crippen LogP contribution in [0, 0.1) is 0 Å². The zero-order chi connectivity index (χ0) is 8.48. The molecule has 0 aromatic carbocycles. The first-order chi connectivity index (χ1) is 5.02. The lowest BCUT2D eigenvalue weighted by atomic mass is 10.3. The van der Waals surface area contributed by atoms with Crippen LogP contribution in [0.15, 0.2) is 22.8 Å². The topological polar surface area (TPSA) is 33.4 Å². The molecule has 1 aromatic heterocycles. The number of rotatable bonds is 2. The summed E-state index contributed by atoms with van der Waals surface area (Å²) in [5, 5.41) is 8.86. The van der Waals surface area contributed by atoms with Crippen LogP contribution < -0.4 is 0 Å². The molecule has 0 fully saturated rings. The van der Waals surface area contributed by atoms with Crippen LogP contribution in [0.2, 0.25) is 0 Å². The highest BCUT2D eigenvalue weighted by Gasteiger charge is 2.37. The molecule has 1 atom stereocenters. The quantitative estimate of drug-likeness (QED) is 0.786. The molecule has 0 aliphatic heterocycles. The van der Waals surface area contributed by atoms with Crippen LogP contribution in [0.3, 0.4) is 0 Å². The van der Waals surface area contributed by atoms with Crippen molar-refractivity contribution < 1.29 is 18.3 Å². The van der Waals surface area contributed by atoms with Crippen molar-refractivity contribution in [3.63, 3.8) is 0 Å². The van der Waals surface area contributed by atoms with Crippen LogP contribution in [0.25, 0.3) is 0 Å². The third-order valence-corrected chi connectivity index (χ3v) is 1.56. The highest BCUT2D eigenvalue weighted by atomic mass is 79.9. The summed E-state index contributed by atoms with van der Waals surface area (Å²) < 4.78 is 29.1. The Morgan fingerprint density at radius 1 is 1.64 bits per heavy atom. The maximum atomic E-state index is 12.3. The number of furan rings is 1. The van der Waals surface area contributed by atoms with Gasteiger partial charge in [-0.05, 0) is 28.1 Å². The van der Waals surface area contributed by atoms with E-state index in [0.717, 1.165) is 0 Å². The van der Waals surface area contributed by atoms with Gasteiger partial charge in [0.1, 0.15) is 5.76 Å². The second kappa shape index (κ2) is 2.91. The minimum absolute atomic E-state index is 0.160. The molecule has 0 aliphatic rings. The fraction of sp³-hybridized carbons (Fsp3) is 0.333. The van der Waals surface area contributed by atoms with E-state index in [1.54, 1.807) is 0 Å². The molecule has 0 aliphatic carbocycles. The van der Waals surface area contributed by atoms with Crippen molar-refractivity contribution in [2.75, 3.05) is 0 Å². The first kappa shape index (κ1) is 8.67. The minimum atomic E-state index is -3.34. The number of aliphatic hydroxyl groups is 1. The lowest BCUT2D eigenvalue weighted by Crippen LogP contribution is -2.17. The summed E-state index contributed by atoms with van der Waals surface area (Å²) in [5.74, 6) is -0.160. The van der Waals surface area contributed by atoms with Crippen LogP contribution in [-0.4, -0.2) is 9.94 Å². The molecule has 0 bridgehead atoms. The molecule has 2 nitrogen and oxygen atoms in total. The predicted octanol–water partition coefficient (Wildman–Crippen LogP) is 2.30. The average Bonchev–Trinajstić information content (AvgIpc) is 2.34. The molecule has 0 radical (unpaired) electrons. The van der Waals surface area contributed by atoms with Crippen molar-refractivity contribution in [3.8, 4) is 0 Å². The van der Waals surface area contributed by atoms with Crippen LogP contribution >= 0.6 is 15.9 Å². The Labute approximate surface area is 69.9 Å². The van der Waals surface area contributed by atoms with E-state index in [2.05, 4.69) is 4.42 Å². The van der Waals surface area contributed by atoms with E-state index in [1.807, 2.05) is 15.9 Å². The minimum Gasteiger partial charge on any atom is -0.466 e. The molecular weight excluding hydrogens is 222 g/mol. The number of halogens is 3. The summed E-state index contributed by atoms with van der Waals surface area (Å²) >= 11 is 2.02. The van der Waals surface area contributed by atoms with E-state index in [9.17, 15) is 8.78 Å². The largest absolute Gasteiger partial charge is 0.466 e. The number of hydrogen-bond donors (Lipinski definition) is 1. The molecule has 1 aromatic rings. The monoisotopic (exact) mass is 226 g/mol. The van der Waals surface area contributed by atoms with Gasteiger partial charge in [-0.25, -0.2) is 0 Å². The molecule has 11 heavy (non-hydrogen) atoms. The van der Waals surface area contributed by atoms with Crippen molar-refractivity contribution in [2.24, 2.45) is 0 Å². The van der Waals surface area contributed by atoms with Crippen LogP contribution in [-0.2, 0) is 0 Å². The number of aliphatic hydroxyl groups excluding tert-OH is 1. The second-order valence-electron chi connectivity index (χ2n) is 1.96. The van der Waals surface area contributed by atoms with Gasteiger partial charge in [-0.2, -0.15) is 8.78 Å². The Bertz CT molecular complexity index is 217. The van der Waals surface area contributed by atoms with Crippen LogP contribution in [0.5, 0.6) is 0 Å². The van der Waals surface area contributed by atoms with E-state index < -0.39 is 10.9 Å². The molecule has 1 N–H and O–H groups in total. The van der Waals surface area contributed by atoms with Gasteiger partial charge < -0.3 is 9.52 Å². The van der Waals surface area contributed by atoms with E-state index in [-0.39, 0.29) is 5.76 Å². The first-order valence-electron chi connectivity index (χ1n) is 2.80. The highest BCUT2D eigenvalue weighted by Crippen LogP contribution is 2.36. The normalized spacial score (nSPS) is 14.9. The standard InChI is InChI=1S/C6H5BrF2O2/c7-6(8,9)5(10)4-2-1-3-11-4/h1-3,5,10H. The summed E-state index contributed by atoms with van der Waals surface area (Å²) in [6.07, 6.45) is -0.713. The molecule has 1 heterocycles. The second-order valence-corrected chi connectivity index (χ2v) is 3.02. The van der Waals surface area contributed by atoms with Gasteiger partial charge in [-0.3, -0.25) is 0 Å². The van der Waals surface area contributed by atoms with Crippen molar-refractivity contribution in [3.05, 3.63) is 24.2 Å².